The number of carbonyl (C=O) groups is 1. The van der Waals surface area contributed by atoms with Gasteiger partial charge in [0.15, 0.2) is 0 Å². The van der Waals surface area contributed by atoms with Crippen molar-refractivity contribution in [1.29, 1.82) is 0 Å². The molecule has 1 spiro atoms. The zero-order valence-corrected chi connectivity index (χ0v) is 12.9. The van der Waals surface area contributed by atoms with Gasteiger partial charge in [0.25, 0.3) is 5.91 Å². The molecule has 21 heavy (non-hydrogen) atoms. The third kappa shape index (κ3) is 2.49. The second-order valence-electron chi connectivity index (χ2n) is 6.36. The summed E-state index contributed by atoms with van der Waals surface area (Å²) in [5.74, 6) is 0.118. The smallest absolute Gasteiger partial charge is 0.265 e. The predicted octanol–water partition coefficient (Wildman–Crippen LogP) is 2.59. The van der Waals surface area contributed by atoms with E-state index in [1.54, 1.807) is 6.20 Å². The van der Waals surface area contributed by atoms with Crippen molar-refractivity contribution in [2.45, 2.75) is 38.4 Å². The van der Waals surface area contributed by atoms with Gasteiger partial charge in [0, 0.05) is 18.5 Å². The highest BCUT2D eigenvalue weighted by Gasteiger charge is 2.45. The lowest BCUT2D eigenvalue weighted by Crippen LogP contribution is -2.58. The Kier molecular flexibility index (Phi) is 3.47. The Bertz CT molecular complexity index is 525. The van der Waals surface area contributed by atoms with Crippen LogP contribution in [-0.4, -0.2) is 42.1 Å². The summed E-state index contributed by atoms with van der Waals surface area (Å²) in [6.07, 6.45) is 7.86. The van der Waals surface area contributed by atoms with Crippen molar-refractivity contribution < 1.29 is 14.3 Å². The Morgan fingerprint density at radius 1 is 1.24 bits per heavy atom. The summed E-state index contributed by atoms with van der Waals surface area (Å²) in [4.78, 5) is 19.5. The molecule has 114 valence electrons. The Hall–Kier alpha value is -0.980. The summed E-state index contributed by atoms with van der Waals surface area (Å²) in [6, 6.07) is 0. The van der Waals surface area contributed by atoms with E-state index < -0.39 is 0 Å². The molecule has 1 amide bonds. The second-order valence-corrected chi connectivity index (χ2v) is 7.42. The molecule has 0 N–H and O–H groups in total. The van der Waals surface area contributed by atoms with Crippen LogP contribution in [0.4, 0.5) is 0 Å². The third-order valence-electron chi connectivity index (χ3n) is 4.81. The maximum atomic E-state index is 12.5. The average molecular weight is 308 g/mol. The van der Waals surface area contributed by atoms with Crippen LogP contribution in [0.3, 0.4) is 0 Å². The summed E-state index contributed by atoms with van der Waals surface area (Å²) in [7, 11) is 0. The van der Waals surface area contributed by atoms with E-state index >= 15 is 0 Å². The normalized spacial score (nSPS) is 25.2. The fourth-order valence-corrected chi connectivity index (χ4v) is 4.56. The lowest BCUT2D eigenvalue weighted by molar-refractivity contribution is -0.0442. The molecule has 0 aromatic carbocycles. The first kappa shape index (κ1) is 13.7. The van der Waals surface area contributed by atoms with Crippen molar-refractivity contribution in [3.63, 3.8) is 0 Å². The Labute approximate surface area is 128 Å². The number of likely N-dealkylation sites (tertiary alicyclic amines) is 1. The third-order valence-corrected chi connectivity index (χ3v) is 5.82. The molecular formula is C15H20N2O3S. The van der Waals surface area contributed by atoms with Gasteiger partial charge in [-0.25, -0.2) is 4.98 Å². The lowest BCUT2D eigenvalue weighted by atomic mass is 9.68. The number of hydrogen-bond donors (Lipinski definition) is 0. The van der Waals surface area contributed by atoms with Crippen molar-refractivity contribution in [3.05, 3.63) is 16.1 Å². The number of hydrogen-bond acceptors (Lipinski definition) is 5. The first-order valence-electron chi connectivity index (χ1n) is 7.74. The maximum absolute atomic E-state index is 12.5. The van der Waals surface area contributed by atoms with Gasteiger partial charge >= 0.3 is 0 Å². The van der Waals surface area contributed by atoms with E-state index in [4.69, 9.17) is 9.47 Å². The first-order valence-corrected chi connectivity index (χ1v) is 8.56. The van der Waals surface area contributed by atoms with Crippen LogP contribution in [0, 0.1) is 5.41 Å². The van der Waals surface area contributed by atoms with Gasteiger partial charge in [-0.1, -0.05) is 19.3 Å². The fraction of sp³-hybridized carbons (Fsp3) is 0.733. The minimum Gasteiger partial charge on any atom is -0.344 e. The number of aromatic nitrogens is 1. The molecule has 2 saturated heterocycles. The van der Waals surface area contributed by atoms with Crippen molar-refractivity contribution in [1.82, 2.24) is 9.88 Å². The van der Waals surface area contributed by atoms with Crippen LogP contribution in [0.15, 0.2) is 6.20 Å². The Morgan fingerprint density at radius 2 is 1.95 bits per heavy atom. The number of amides is 1. The van der Waals surface area contributed by atoms with Crippen LogP contribution in [0.1, 0.15) is 53.1 Å². The van der Waals surface area contributed by atoms with Crippen LogP contribution in [0.2, 0.25) is 0 Å². The fourth-order valence-electron chi connectivity index (χ4n) is 3.68. The molecule has 0 radical (unpaired) electrons. The molecule has 1 aromatic heterocycles. The highest BCUT2D eigenvalue weighted by molar-refractivity contribution is 7.13. The van der Waals surface area contributed by atoms with Crippen LogP contribution in [0.25, 0.3) is 0 Å². The minimum atomic E-state index is -0.377. The van der Waals surface area contributed by atoms with Gasteiger partial charge in [0.2, 0.25) is 6.29 Å². The molecule has 3 heterocycles. The maximum Gasteiger partial charge on any atom is 0.265 e. The quantitative estimate of drug-likeness (QED) is 0.842. The monoisotopic (exact) mass is 308 g/mol. The summed E-state index contributed by atoms with van der Waals surface area (Å²) in [5, 5.41) is 0.753. The molecule has 1 aromatic rings. The molecule has 2 aliphatic heterocycles. The Balaban J connectivity index is 1.39. The molecule has 0 atom stereocenters. The highest BCUT2D eigenvalue weighted by atomic mass is 32.1. The zero-order valence-electron chi connectivity index (χ0n) is 12.0. The molecule has 1 saturated carbocycles. The van der Waals surface area contributed by atoms with Gasteiger partial charge in [-0.15, -0.1) is 11.3 Å². The van der Waals surface area contributed by atoms with Crippen LogP contribution < -0.4 is 0 Å². The second kappa shape index (κ2) is 5.34. The standard InChI is InChI=1S/C15H20N2O3S/c18-13(17-9-15(10-17)4-2-1-3-5-15)11-8-16-12(21-11)14-19-6-7-20-14/h8,14H,1-7,9-10H2. The van der Waals surface area contributed by atoms with E-state index in [2.05, 4.69) is 4.98 Å². The lowest BCUT2D eigenvalue weighted by Gasteiger charge is -2.52. The number of carbonyl (C=O) groups excluding carboxylic acids is 1. The van der Waals surface area contributed by atoms with Crippen molar-refractivity contribution in [2.75, 3.05) is 26.3 Å². The highest BCUT2D eigenvalue weighted by Crippen LogP contribution is 2.44. The van der Waals surface area contributed by atoms with E-state index in [0.717, 1.165) is 18.1 Å². The molecular weight excluding hydrogens is 288 g/mol. The van der Waals surface area contributed by atoms with Crippen LogP contribution in [0.5, 0.6) is 0 Å². The summed E-state index contributed by atoms with van der Waals surface area (Å²) in [5.41, 5.74) is 0.430. The van der Waals surface area contributed by atoms with Gasteiger partial charge in [-0.3, -0.25) is 4.79 Å². The largest absolute Gasteiger partial charge is 0.344 e. The summed E-state index contributed by atoms with van der Waals surface area (Å²) < 4.78 is 10.8. The summed E-state index contributed by atoms with van der Waals surface area (Å²) in [6.45, 7) is 3.05. The Morgan fingerprint density at radius 3 is 2.67 bits per heavy atom. The first-order chi connectivity index (χ1) is 10.3. The van der Waals surface area contributed by atoms with Gasteiger partial charge in [-0.2, -0.15) is 0 Å². The number of ether oxygens (including phenoxy) is 2. The predicted molar refractivity (Wildman–Crippen MR) is 78.2 cm³/mol. The van der Waals surface area contributed by atoms with Gasteiger partial charge in [-0.05, 0) is 12.8 Å². The molecule has 0 bridgehead atoms. The van der Waals surface area contributed by atoms with Gasteiger partial charge in [0.05, 0.1) is 19.4 Å². The average Bonchev–Trinajstić information content (AvgIpc) is 3.15. The van der Waals surface area contributed by atoms with Crippen LogP contribution >= 0.6 is 11.3 Å². The number of nitrogens with zero attached hydrogens (tertiary/aromatic N) is 2. The molecule has 3 fully saturated rings. The van der Waals surface area contributed by atoms with Crippen molar-refractivity contribution in [2.24, 2.45) is 5.41 Å². The number of thiazole rings is 1. The molecule has 4 rings (SSSR count). The van der Waals surface area contributed by atoms with Gasteiger partial charge < -0.3 is 14.4 Å². The molecule has 5 nitrogen and oxygen atoms in total. The molecule has 1 aliphatic carbocycles. The topological polar surface area (TPSA) is 51.7 Å². The van der Waals surface area contributed by atoms with Gasteiger partial charge in [0.1, 0.15) is 9.88 Å². The van der Waals surface area contributed by atoms with E-state index in [9.17, 15) is 4.79 Å². The molecule has 6 heteroatoms. The SMILES string of the molecule is O=C(c1cnc(C2OCCO2)s1)N1CC2(CCCCC2)C1. The van der Waals surface area contributed by atoms with Crippen LogP contribution in [-0.2, 0) is 9.47 Å². The zero-order chi connectivity index (χ0) is 14.3. The van der Waals surface area contributed by atoms with E-state index in [1.165, 1.54) is 43.4 Å². The van der Waals surface area contributed by atoms with Crippen molar-refractivity contribution >= 4 is 17.2 Å². The van der Waals surface area contributed by atoms with E-state index in [1.807, 2.05) is 4.90 Å². The molecule has 0 unspecified atom stereocenters. The van der Waals surface area contributed by atoms with E-state index in [-0.39, 0.29) is 12.2 Å². The summed E-state index contributed by atoms with van der Waals surface area (Å²) >= 11 is 1.40. The van der Waals surface area contributed by atoms with Crippen molar-refractivity contribution in [3.8, 4) is 0 Å². The minimum absolute atomic E-state index is 0.118. The number of rotatable bonds is 2. The molecule has 3 aliphatic rings. The van der Waals surface area contributed by atoms with E-state index in [0.29, 0.717) is 23.5 Å².